The van der Waals surface area contributed by atoms with Crippen LogP contribution in [0.25, 0.3) is 0 Å². The zero-order valence-electron chi connectivity index (χ0n) is 17.8. The molecule has 0 aromatic heterocycles. The van der Waals surface area contributed by atoms with Gasteiger partial charge in [0.2, 0.25) is 15.9 Å². The van der Waals surface area contributed by atoms with E-state index in [0.717, 1.165) is 27.8 Å². The van der Waals surface area contributed by atoms with E-state index in [1.807, 2.05) is 39.0 Å². The summed E-state index contributed by atoms with van der Waals surface area (Å²) in [4.78, 5) is 13.1. The average Bonchev–Trinajstić information content (AvgIpc) is 2.60. The number of hydrogen-bond donors (Lipinski definition) is 1. The summed E-state index contributed by atoms with van der Waals surface area (Å²) in [7, 11) is -3.83. The van der Waals surface area contributed by atoms with Gasteiger partial charge in [-0.15, -0.1) is 0 Å². The number of halogens is 1. The second-order valence-corrected chi connectivity index (χ2v) is 10.2. The zero-order chi connectivity index (χ0) is 22.3. The number of fused-ring (bicyclic) bond motifs is 1. The Hall–Kier alpha value is -2.61. The minimum atomic E-state index is -3.83. The summed E-state index contributed by atoms with van der Waals surface area (Å²) in [6.07, 6.45) is 1.53. The highest BCUT2D eigenvalue weighted by molar-refractivity contribution is 7.92. The maximum atomic E-state index is 13.7. The molecular weight excluding hydrogens is 407 g/mol. The van der Waals surface area contributed by atoms with Crippen molar-refractivity contribution in [3.8, 4) is 5.75 Å². The van der Waals surface area contributed by atoms with Gasteiger partial charge in [0.05, 0.1) is 18.0 Å². The van der Waals surface area contributed by atoms with Gasteiger partial charge in [0.1, 0.15) is 23.2 Å². The van der Waals surface area contributed by atoms with Crippen molar-refractivity contribution >= 4 is 21.6 Å². The van der Waals surface area contributed by atoms with E-state index in [2.05, 4.69) is 5.32 Å². The molecule has 2 aromatic rings. The predicted octanol–water partition coefficient (Wildman–Crippen LogP) is 3.71. The Labute approximate surface area is 177 Å². The molecule has 0 saturated heterocycles. The van der Waals surface area contributed by atoms with Crippen molar-refractivity contribution < 1.29 is 22.3 Å². The summed E-state index contributed by atoms with van der Waals surface area (Å²) in [5.74, 6) is -0.357. The van der Waals surface area contributed by atoms with E-state index in [1.165, 1.54) is 25.1 Å². The number of amides is 1. The first-order valence-electron chi connectivity index (χ1n) is 9.72. The van der Waals surface area contributed by atoms with Crippen LogP contribution in [0.2, 0.25) is 0 Å². The molecule has 162 valence electrons. The zero-order valence-corrected chi connectivity index (χ0v) is 18.6. The number of nitrogens with zero attached hydrogens (tertiary/aromatic N) is 1. The molecule has 2 aromatic carbocycles. The second-order valence-electron chi connectivity index (χ2n) is 8.38. The molecule has 0 radical (unpaired) electrons. The largest absolute Gasteiger partial charge is 0.487 e. The van der Waals surface area contributed by atoms with Gasteiger partial charge in [-0.3, -0.25) is 9.10 Å². The Kier molecular flexibility index (Phi) is 5.82. The van der Waals surface area contributed by atoms with Gasteiger partial charge in [0.15, 0.2) is 0 Å². The van der Waals surface area contributed by atoms with Gasteiger partial charge in [0, 0.05) is 12.0 Å². The van der Waals surface area contributed by atoms with Crippen LogP contribution in [-0.4, -0.2) is 32.2 Å². The summed E-state index contributed by atoms with van der Waals surface area (Å²) in [6.45, 7) is 7.32. The summed E-state index contributed by atoms with van der Waals surface area (Å²) >= 11 is 0. The molecular formula is C22H27FN2O4S. The Morgan fingerprint density at radius 2 is 1.97 bits per heavy atom. The molecule has 2 atom stereocenters. The van der Waals surface area contributed by atoms with E-state index >= 15 is 0 Å². The summed E-state index contributed by atoms with van der Waals surface area (Å²) in [5, 5.41) is 2.98. The van der Waals surface area contributed by atoms with Crippen LogP contribution < -0.4 is 14.4 Å². The van der Waals surface area contributed by atoms with E-state index in [9.17, 15) is 17.6 Å². The number of carbonyl (C=O) groups is 1. The van der Waals surface area contributed by atoms with Gasteiger partial charge < -0.3 is 10.1 Å². The maximum Gasteiger partial charge on any atom is 0.244 e. The number of benzene rings is 2. The molecule has 0 fully saturated rings. The molecule has 0 aliphatic carbocycles. The van der Waals surface area contributed by atoms with Gasteiger partial charge in [-0.2, -0.15) is 0 Å². The first-order valence-corrected chi connectivity index (χ1v) is 11.6. The molecule has 0 spiro atoms. The lowest BCUT2D eigenvalue weighted by atomic mass is 9.89. The second kappa shape index (κ2) is 7.91. The number of hydrogen-bond acceptors (Lipinski definition) is 4. The fourth-order valence-electron chi connectivity index (χ4n) is 3.82. The summed E-state index contributed by atoms with van der Waals surface area (Å²) in [6, 6.07) is 9.56. The van der Waals surface area contributed by atoms with E-state index in [4.69, 9.17) is 4.74 Å². The van der Waals surface area contributed by atoms with Crippen LogP contribution in [0.5, 0.6) is 5.75 Å². The molecule has 3 rings (SSSR count). The van der Waals surface area contributed by atoms with Crippen molar-refractivity contribution in [3.63, 3.8) is 0 Å². The van der Waals surface area contributed by atoms with Crippen LogP contribution in [0, 0.1) is 12.7 Å². The topological polar surface area (TPSA) is 75.7 Å². The third kappa shape index (κ3) is 4.75. The standard InChI is InChI=1S/C22H27FN2O4S/c1-14-9-10-20-18(11-14)19(13-22(3,4)29-20)24-21(26)15(2)25(30(5,27)28)17-8-6-7-16(23)12-17/h6-12,15,19H,13H2,1-5H3,(H,24,26)/t15-,19+/m0/s1. The Balaban J connectivity index is 1.91. The molecule has 30 heavy (non-hydrogen) atoms. The Morgan fingerprint density at radius 1 is 1.27 bits per heavy atom. The fourth-order valence-corrected chi connectivity index (χ4v) is 4.98. The lowest BCUT2D eigenvalue weighted by molar-refractivity contribution is -0.123. The number of rotatable bonds is 5. The molecule has 1 N–H and O–H groups in total. The molecule has 1 aliphatic rings. The quantitative estimate of drug-likeness (QED) is 0.779. The number of sulfonamides is 1. The maximum absolute atomic E-state index is 13.7. The minimum absolute atomic E-state index is 0.101. The van der Waals surface area contributed by atoms with Crippen LogP contribution >= 0.6 is 0 Å². The smallest absolute Gasteiger partial charge is 0.244 e. The fraction of sp³-hybridized carbons (Fsp3) is 0.409. The van der Waals surface area contributed by atoms with Crippen molar-refractivity contribution in [2.75, 3.05) is 10.6 Å². The highest BCUT2D eigenvalue weighted by Gasteiger charge is 2.37. The van der Waals surface area contributed by atoms with Gasteiger partial charge >= 0.3 is 0 Å². The Morgan fingerprint density at radius 3 is 2.60 bits per heavy atom. The van der Waals surface area contributed by atoms with Gasteiger partial charge in [-0.05, 0) is 52.0 Å². The molecule has 1 amide bonds. The van der Waals surface area contributed by atoms with Crippen LogP contribution in [-0.2, 0) is 14.8 Å². The van der Waals surface area contributed by atoms with E-state index in [-0.39, 0.29) is 11.7 Å². The molecule has 0 bridgehead atoms. The average molecular weight is 435 g/mol. The van der Waals surface area contributed by atoms with E-state index in [0.29, 0.717) is 12.2 Å². The predicted molar refractivity (Wildman–Crippen MR) is 115 cm³/mol. The van der Waals surface area contributed by atoms with Gasteiger partial charge in [0.25, 0.3) is 0 Å². The van der Waals surface area contributed by atoms with Crippen molar-refractivity contribution in [1.82, 2.24) is 5.32 Å². The van der Waals surface area contributed by atoms with Crippen LogP contribution in [0.15, 0.2) is 42.5 Å². The normalized spacial score (nSPS) is 18.7. The van der Waals surface area contributed by atoms with E-state index < -0.39 is 33.4 Å². The molecule has 0 unspecified atom stereocenters. The number of anilines is 1. The highest BCUT2D eigenvalue weighted by atomic mass is 32.2. The van der Waals surface area contributed by atoms with Gasteiger partial charge in [-0.1, -0.05) is 23.8 Å². The minimum Gasteiger partial charge on any atom is -0.487 e. The van der Waals surface area contributed by atoms with Crippen molar-refractivity contribution in [3.05, 3.63) is 59.4 Å². The van der Waals surface area contributed by atoms with Crippen LogP contribution in [0.4, 0.5) is 10.1 Å². The van der Waals surface area contributed by atoms with Crippen molar-refractivity contribution in [2.45, 2.75) is 51.8 Å². The highest BCUT2D eigenvalue weighted by Crippen LogP contribution is 2.40. The summed E-state index contributed by atoms with van der Waals surface area (Å²) < 4.78 is 45.5. The monoisotopic (exact) mass is 434 g/mol. The summed E-state index contributed by atoms with van der Waals surface area (Å²) in [5.41, 5.74) is 1.49. The lowest BCUT2D eigenvalue weighted by Gasteiger charge is -2.39. The van der Waals surface area contributed by atoms with Gasteiger partial charge in [-0.25, -0.2) is 12.8 Å². The van der Waals surface area contributed by atoms with Crippen molar-refractivity contribution in [1.29, 1.82) is 0 Å². The van der Waals surface area contributed by atoms with E-state index in [1.54, 1.807) is 0 Å². The number of aryl methyl sites for hydroxylation is 1. The number of nitrogens with one attached hydrogen (secondary N) is 1. The SMILES string of the molecule is Cc1ccc2c(c1)[C@H](NC(=O)[C@H](C)N(c1cccc(F)c1)S(C)(=O)=O)CC(C)(C)O2. The molecule has 6 nitrogen and oxygen atoms in total. The molecule has 0 saturated carbocycles. The first-order chi connectivity index (χ1) is 13.9. The molecule has 1 heterocycles. The van der Waals surface area contributed by atoms with Crippen LogP contribution in [0.3, 0.4) is 0 Å². The Bertz CT molecular complexity index is 1070. The third-order valence-corrected chi connectivity index (χ3v) is 6.33. The first kappa shape index (κ1) is 22.1. The number of ether oxygens (including phenoxy) is 1. The lowest BCUT2D eigenvalue weighted by Crippen LogP contribution is -2.50. The molecule has 8 heteroatoms. The molecule has 1 aliphatic heterocycles. The third-order valence-electron chi connectivity index (χ3n) is 5.09. The van der Waals surface area contributed by atoms with Crippen LogP contribution in [0.1, 0.15) is 44.4 Å². The van der Waals surface area contributed by atoms with Crippen molar-refractivity contribution in [2.24, 2.45) is 0 Å². The number of carbonyl (C=O) groups excluding carboxylic acids is 1.